The quantitative estimate of drug-likeness (QED) is 0.755. The molecule has 4 saturated carbocycles. The molecule has 6 heteroatoms. The Morgan fingerprint density at radius 1 is 1.11 bits per heavy atom. The van der Waals surface area contributed by atoms with Crippen LogP contribution >= 0.6 is 11.6 Å². The Morgan fingerprint density at radius 3 is 2.21 bits per heavy atom. The molecule has 0 aliphatic heterocycles. The molecule has 4 aliphatic carbocycles. The van der Waals surface area contributed by atoms with Crippen molar-refractivity contribution in [2.75, 3.05) is 5.32 Å². The van der Waals surface area contributed by atoms with Gasteiger partial charge in [-0.15, -0.1) is 0 Å². The van der Waals surface area contributed by atoms with Gasteiger partial charge in [-0.3, -0.25) is 9.59 Å². The molecular weight excluding hydrogens is 374 g/mol. The monoisotopic (exact) mass is 397 g/mol. The second-order valence-electron chi connectivity index (χ2n) is 8.99. The summed E-state index contributed by atoms with van der Waals surface area (Å²) in [7, 11) is 0. The van der Waals surface area contributed by atoms with E-state index in [0.717, 1.165) is 42.7 Å². The Balaban J connectivity index is 1.45. The normalized spacial score (nSPS) is 30.4. The minimum atomic E-state index is -0.200. The lowest BCUT2D eigenvalue weighted by Gasteiger charge is -2.56. The number of ketones is 1. The second kappa shape index (κ2) is 6.45. The minimum Gasteiger partial charge on any atom is -0.353 e. The van der Waals surface area contributed by atoms with E-state index in [1.165, 1.54) is 26.2 Å². The van der Waals surface area contributed by atoms with Crippen molar-refractivity contribution in [1.29, 1.82) is 0 Å². The van der Waals surface area contributed by atoms with E-state index in [-0.39, 0.29) is 21.9 Å². The molecule has 4 fully saturated rings. The average Bonchev–Trinajstić information content (AvgIpc) is 2.65. The van der Waals surface area contributed by atoms with Gasteiger partial charge in [0.1, 0.15) is 5.02 Å². The SMILES string of the molecule is CC(=O)c1ccc(Nc2cnn(C34CC5CC(CC(C5)C3)C4)c(=O)c2Cl)cc1. The maximum atomic E-state index is 13.1. The highest BCUT2D eigenvalue weighted by Crippen LogP contribution is 2.58. The van der Waals surface area contributed by atoms with Gasteiger partial charge in [-0.05, 0) is 87.5 Å². The highest BCUT2D eigenvalue weighted by molar-refractivity contribution is 6.33. The molecule has 0 saturated heterocycles. The van der Waals surface area contributed by atoms with Crippen LogP contribution in [0.25, 0.3) is 0 Å². The molecule has 5 nitrogen and oxygen atoms in total. The van der Waals surface area contributed by atoms with Crippen LogP contribution in [0.5, 0.6) is 0 Å². The molecule has 4 aliphatic rings. The highest BCUT2D eigenvalue weighted by atomic mass is 35.5. The summed E-state index contributed by atoms with van der Waals surface area (Å²) in [5.41, 5.74) is 1.57. The molecule has 1 aromatic heterocycles. The maximum Gasteiger partial charge on any atom is 0.288 e. The van der Waals surface area contributed by atoms with Crippen LogP contribution in [-0.4, -0.2) is 15.6 Å². The third kappa shape index (κ3) is 2.87. The zero-order chi connectivity index (χ0) is 19.5. The zero-order valence-electron chi connectivity index (χ0n) is 16.0. The molecule has 1 N–H and O–H groups in total. The van der Waals surface area contributed by atoms with Gasteiger partial charge >= 0.3 is 0 Å². The Labute approximate surface area is 169 Å². The number of carbonyl (C=O) groups is 1. The van der Waals surface area contributed by atoms with Crippen LogP contribution in [0.15, 0.2) is 35.3 Å². The number of hydrogen-bond donors (Lipinski definition) is 1. The smallest absolute Gasteiger partial charge is 0.288 e. The lowest BCUT2D eigenvalue weighted by Crippen LogP contribution is -2.55. The van der Waals surface area contributed by atoms with Gasteiger partial charge in [-0.1, -0.05) is 11.6 Å². The summed E-state index contributed by atoms with van der Waals surface area (Å²) in [5.74, 6) is 2.22. The summed E-state index contributed by atoms with van der Waals surface area (Å²) in [6, 6.07) is 7.11. The van der Waals surface area contributed by atoms with Crippen molar-refractivity contribution in [3.63, 3.8) is 0 Å². The van der Waals surface area contributed by atoms with Crippen LogP contribution in [-0.2, 0) is 5.54 Å². The van der Waals surface area contributed by atoms with E-state index in [4.69, 9.17) is 11.6 Å². The van der Waals surface area contributed by atoms with Crippen molar-refractivity contribution in [3.05, 3.63) is 51.4 Å². The largest absolute Gasteiger partial charge is 0.353 e. The molecule has 0 unspecified atom stereocenters. The van der Waals surface area contributed by atoms with E-state index >= 15 is 0 Å². The van der Waals surface area contributed by atoms with Crippen LogP contribution in [0.2, 0.25) is 5.02 Å². The fourth-order valence-corrected chi connectivity index (χ4v) is 6.30. The molecular formula is C22H24ClN3O2. The van der Waals surface area contributed by atoms with Crippen molar-refractivity contribution >= 4 is 28.8 Å². The van der Waals surface area contributed by atoms with Gasteiger partial charge in [0.2, 0.25) is 0 Å². The van der Waals surface area contributed by atoms with Gasteiger partial charge in [0, 0.05) is 11.3 Å². The van der Waals surface area contributed by atoms with Crippen molar-refractivity contribution in [2.45, 2.75) is 51.0 Å². The predicted octanol–water partition coefficient (Wildman–Crippen LogP) is 4.77. The fourth-order valence-electron chi connectivity index (χ4n) is 6.13. The van der Waals surface area contributed by atoms with Crippen molar-refractivity contribution in [2.24, 2.45) is 17.8 Å². The zero-order valence-corrected chi connectivity index (χ0v) is 16.7. The Kier molecular flexibility index (Phi) is 4.13. The number of rotatable bonds is 4. The van der Waals surface area contributed by atoms with E-state index in [0.29, 0.717) is 11.3 Å². The molecule has 1 aromatic carbocycles. The Morgan fingerprint density at radius 2 is 1.68 bits per heavy atom. The standard InChI is InChI=1S/C22H24ClN3O2/c1-13(27)17-2-4-18(5-3-17)25-19-12-24-26(21(28)20(19)23)22-9-14-6-15(10-22)8-16(7-14)11-22/h2-5,12,14-16,25H,6-11H2,1H3. The van der Waals surface area contributed by atoms with Crippen LogP contribution in [0.1, 0.15) is 55.8 Å². The lowest BCUT2D eigenvalue weighted by atomic mass is 9.53. The lowest BCUT2D eigenvalue weighted by molar-refractivity contribution is -0.0518. The maximum absolute atomic E-state index is 13.1. The molecule has 146 valence electrons. The first-order valence-corrected chi connectivity index (χ1v) is 10.5. The molecule has 6 rings (SSSR count). The second-order valence-corrected chi connectivity index (χ2v) is 9.37. The summed E-state index contributed by atoms with van der Waals surface area (Å²) >= 11 is 6.48. The molecule has 0 amide bonds. The summed E-state index contributed by atoms with van der Waals surface area (Å²) < 4.78 is 1.70. The van der Waals surface area contributed by atoms with Gasteiger partial charge in [0.05, 0.1) is 17.4 Å². The number of anilines is 2. The van der Waals surface area contributed by atoms with Crippen LogP contribution < -0.4 is 10.9 Å². The summed E-state index contributed by atoms with van der Waals surface area (Å²) in [6.07, 6.45) is 8.79. The molecule has 4 bridgehead atoms. The Bertz CT molecular complexity index is 961. The number of carbonyl (C=O) groups excluding carboxylic acids is 1. The molecule has 2 aromatic rings. The van der Waals surface area contributed by atoms with Gasteiger partial charge in [0.15, 0.2) is 5.78 Å². The molecule has 0 radical (unpaired) electrons. The molecule has 1 heterocycles. The first kappa shape index (κ1) is 17.9. The highest BCUT2D eigenvalue weighted by Gasteiger charge is 2.53. The number of nitrogens with zero attached hydrogens (tertiary/aromatic N) is 2. The number of hydrogen-bond acceptors (Lipinski definition) is 4. The first-order valence-electron chi connectivity index (χ1n) is 10.1. The topological polar surface area (TPSA) is 64.0 Å². The average molecular weight is 398 g/mol. The van der Waals surface area contributed by atoms with Gasteiger partial charge < -0.3 is 5.32 Å². The molecule has 0 spiro atoms. The number of Topliss-reactive ketones (excluding diaryl/α,β-unsaturated/α-hetero) is 1. The Hall–Kier alpha value is -2.14. The third-order valence-electron chi connectivity index (χ3n) is 6.94. The first-order chi connectivity index (χ1) is 13.4. The van der Waals surface area contributed by atoms with E-state index in [9.17, 15) is 9.59 Å². The van der Waals surface area contributed by atoms with Crippen molar-refractivity contribution in [3.8, 4) is 0 Å². The van der Waals surface area contributed by atoms with Gasteiger partial charge in [-0.2, -0.15) is 5.10 Å². The van der Waals surface area contributed by atoms with Gasteiger partial charge in [0.25, 0.3) is 5.56 Å². The number of benzene rings is 1. The van der Waals surface area contributed by atoms with E-state index in [1.54, 1.807) is 35.1 Å². The molecule has 0 atom stereocenters. The van der Waals surface area contributed by atoms with E-state index in [2.05, 4.69) is 10.4 Å². The van der Waals surface area contributed by atoms with Crippen molar-refractivity contribution in [1.82, 2.24) is 9.78 Å². The summed E-state index contributed by atoms with van der Waals surface area (Å²) in [5, 5.41) is 7.92. The number of halogens is 1. The summed E-state index contributed by atoms with van der Waals surface area (Å²) in [6.45, 7) is 1.54. The number of nitrogens with one attached hydrogen (secondary N) is 1. The third-order valence-corrected chi connectivity index (χ3v) is 7.31. The van der Waals surface area contributed by atoms with E-state index in [1.807, 2.05) is 0 Å². The van der Waals surface area contributed by atoms with E-state index < -0.39 is 0 Å². The molecule has 28 heavy (non-hydrogen) atoms. The minimum absolute atomic E-state index is 0.0180. The number of aromatic nitrogens is 2. The van der Waals surface area contributed by atoms with Crippen LogP contribution in [0.4, 0.5) is 11.4 Å². The van der Waals surface area contributed by atoms with Gasteiger partial charge in [-0.25, -0.2) is 4.68 Å². The predicted molar refractivity (Wildman–Crippen MR) is 109 cm³/mol. The van der Waals surface area contributed by atoms with Crippen LogP contribution in [0, 0.1) is 17.8 Å². The summed E-state index contributed by atoms with van der Waals surface area (Å²) in [4.78, 5) is 24.5. The fraction of sp³-hybridized carbons (Fsp3) is 0.500. The van der Waals surface area contributed by atoms with Crippen LogP contribution in [0.3, 0.4) is 0 Å². The van der Waals surface area contributed by atoms with Crippen molar-refractivity contribution < 1.29 is 4.79 Å².